The number of nitrogens with two attached hydrogens (primary N) is 1. The van der Waals surface area contributed by atoms with E-state index < -0.39 is 0 Å². The van der Waals surface area contributed by atoms with Crippen LogP contribution >= 0.6 is 11.8 Å². The Hall–Kier alpha value is -0.580. The highest BCUT2D eigenvalue weighted by atomic mass is 32.2. The first-order chi connectivity index (χ1) is 6.38. The average Bonchev–Trinajstić information content (AvgIpc) is 2.21. The fourth-order valence-electron chi connectivity index (χ4n) is 1.04. The molecular weight excluding hydrogens is 184 g/mol. The van der Waals surface area contributed by atoms with E-state index in [1.54, 1.807) is 18.0 Å². The fraction of sp³-hybridized carbons (Fsp3) is 0.444. The Balaban J connectivity index is 2.56. The predicted octanol–water partition coefficient (Wildman–Crippen LogP) is 0.807. The van der Waals surface area contributed by atoms with Crippen LogP contribution in [0.3, 0.4) is 0 Å². The summed E-state index contributed by atoms with van der Waals surface area (Å²) in [6.07, 6.45) is 1.76. The van der Waals surface area contributed by atoms with Gasteiger partial charge < -0.3 is 10.8 Å². The van der Waals surface area contributed by atoms with E-state index >= 15 is 0 Å². The number of pyridine rings is 1. The normalized spacial score (nSPS) is 12.8. The third kappa shape index (κ3) is 3.34. The molecule has 1 heterocycles. The van der Waals surface area contributed by atoms with Gasteiger partial charge in [-0.25, -0.2) is 0 Å². The van der Waals surface area contributed by atoms with E-state index in [-0.39, 0.29) is 11.9 Å². The Morgan fingerprint density at radius 3 is 2.92 bits per heavy atom. The number of aliphatic hydroxyl groups excluding tert-OH is 1. The molecule has 0 bridgehead atoms. The van der Waals surface area contributed by atoms with Crippen molar-refractivity contribution in [1.29, 1.82) is 0 Å². The summed E-state index contributed by atoms with van der Waals surface area (Å²) in [7, 11) is 0. The molecule has 1 unspecified atom stereocenters. The molecule has 3 N–H and O–H groups in total. The first kappa shape index (κ1) is 10.5. The van der Waals surface area contributed by atoms with Crippen LogP contribution < -0.4 is 5.73 Å². The van der Waals surface area contributed by atoms with Crippen molar-refractivity contribution in [3.05, 3.63) is 30.1 Å². The van der Waals surface area contributed by atoms with Crippen molar-refractivity contribution in [3.63, 3.8) is 0 Å². The number of hydrogen-bond donors (Lipinski definition) is 2. The summed E-state index contributed by atoms with van der Waals surface area (Å²) >= 11 is 1.64. The predicted molar refractivity (Wildman–Crippen MR) is 55.6 cm³/mol. The zero-order valence-electron chi connectivity index (χ0n) is 7.39. The molecule has 0 spiro atoms. The quantitative estimate of drug-likeness (QED) is 0.735. The molecule has 0 aromatic carbocycles. The minimum Gasteiger partial charge on any atom is -0.396 e. The van der Waals surface area contributed by atoms with Gasteiger partial charge in [0.2, 0.25) is 0 Å². The van der Waals surface area contributed by atoms with Crippen LogP contribution in [0.15, 0.2) is 24.4 Å². The fourth-order valence-corrected chi connectivity index (χ4v) is 1.87. The van der Waals surface area contributed by atoms with Gasteiger partial charge in [-0.05, 0) is 12.1 Å². The van der Waals surface area contributed by atoms with Gasteiger partial charge in [0.1, 0.15) is 0 Å². The molecule has 1 aromatic rings. The van der Waals surface area contributed by atoms with Crippen molar-refractivity contribution >= 4 is 11.8 Å². The van der Waals surface area contributed by atoms with Gasteiger partial charge in [-0.3, -0.25) is 4.98 Å². The van der Waals surface area contributed by atoms with Crippen molar-refractivity contribution in [2.45, 2.75) is 5.25 Å². The number of aliphatic hydroxyl groups is 1. The molecule has 0 amide bonds. The number of rotatable bonds is 5. The summed E-state index contributed by atoms with van der Waals surface area (Å²) in [6.45, 7) is 0.746. The minimum absolute atomic E-state index is 0.188. The summed E-state index contributed by atoms with van der Waals surface area (Å²) in [5, 5.41) is 8.88. The smallest absolute Gasteiger partial charge is 0.0593 e. The largest absolute Gasteiger partial charge is 0.396 e. The summed E-state index contributed by atoms with van der Waals surface area (Å²) in [5.41, 5.74) is 6.59. The highest BCUT2D eigenvalue weighted by Crippen LogP contribution is 2.25. The molecule has 0 saturated heterocycles. The van der Waals surface area contributed by atoms with Gasteiger partial charge in [0.25, 0.3) is 0 Å². The van der Waals surface area contributed by atoms with Gasteiger partial charge in [0.05, 0.1) is 17.6 Å². The maximum atomic E-state index is 8.68. The standard InChI is InChI=1S/C9H14N2OS/c10-7-9(13-6-5-12)8-3-1-2-4-11-8/h1-4,9,12H,5-7,10H2. The van der Waals surface area contributed by atoms with Crippen LogP contribution in [-0.2, 0) is 0 Å². The van der Waals surface area contributed by atoms with E-state index in [0.717, 1.165) is 5.69 Å². The van der Waals surface area contributed by atoms with Crippen LogP contribution in [-0.4, -0.2) is 29.0 Å². The lowest BCUT2D eigenvalue weighted by molar-refractivity contribution is 0.322. The molecule has 3 nitrogen and oxygen atoms in total. The second-order valence-electron chi connectivity index (χ2n) is 2.57. The second kappa shape index (κ2) is 5.96. The Morgan fingerprint density at radius 1 is 1.54 bits per heavy atom. The molecule has 0 aliphatic carbocycles. The first-order valence-electron chi connectivity index (χ1n) is 4.22. The molecule has 0 aliphatic rings. The maximum absolute atomic E-state index is 8.68. The number of hydrogen-bond acceptors (Lipinski definition) is 4. The lowest BCUT2D eigenvalue weighted by atomic mass is 10.3. The molecule has 4 heteroatoms. The minimum atomic E-state index is 0.188. The van der Waals surface area contributed by atoms with Crippen molar-refractivity contribution in [3.8, 4) is 0 Å². The Labute approximate surface area is 82.4 Å². The molecule has 72 valence electrons. The summed E-state index contributed by atoms with van der Waals surface area (Å²) in [6, 6.07) is 5.79. The molecular formula is C9H14N2OS. The van der Waals surface area contributed by atoms with E-state index in [9.17, 15) is 0 Å². The van der Waals surface area contributed by atoms with E-state index in [1.807, 2.05) is 18.2 Å². The SMILES string of the molecule is NCC(SCCO)c1ccccn1. The second-order valence-corrected chi connectivity index (χ2v) is 3.88. The average molecular weight is 198 g/mol. The topological polar surface area (TPSA) is 59.1 Å². The molecule has 0 radical (unpaired) electrons. The van der Waals surface area contributed by atoms with Crippen molar-refractivity contribution in [2.75, 3.05) is 18.9 Å². The summed E-state index contributed by atoms with van der Waals surface area (Å²) in [5.74, 6) is 0.707. The summed E-state index contributed by atoms with van der Waals surface area (Å²) in [4.78, 5) is 4.22. The van der Waals surface area contributed by atoms with Gasteiger partial charge in [-0.2, -0.15) is 0 Å². The maximum Gasteiger partial charge on any atom is 0.0593 e. The number of nitrogens with zero attached hydrogens (tertiary/aromatic N) is 1. The summed E-state index contributed by atoms with van der Waals surface area (Å²) < 4.78 is 0. The third-order valence-corrected chi connectivity index (χ3v) is 2.90. The van der Waals surface area contributed by atoms with Crippen LogP contribution in [0.5, 0.6) is 0 Å². The lowest BCUT2D eigenvalue weighted by Gasteiger charge is -2.12. The third-order valence-electron chi connectivity index (χ3n) is 1.64. The van der Waals surface area contributed by atoms with Crippen LogP contribution in [0.4, 0.5) is 0 Å². The number of thioether (sulfide) groups is 1. The van der Waals surface area contributed by atoms with E-state index in [0.29, 0.717) is 12.3 Å². The van der Waals surface area contributed by atoms with Crippen LogP contribution in [0.1, 0.15) is 10.9 Å². The van der Waals surface area contributed by atoms with Crippen LogP contribution in [0, 0.1) is 0 Å². The molecule has 1 aromatic heterocycles. The zero-order chi connectivity index (χ0) is 9.52. The molecule has 0 aliphatic heterocycles. The highest BCUT2D eigenvalue weighted by molar-refractivity contribution is 7.99. The highest BCUT2D eigenvalue weighted by Gasteiger charge is 2.09. The first-order valence-corrected chi connectivity index (χ1v) is 5.27. The zero-order valence-corrected chi connectivity index (χ0v) is 8.20. The van der Waals surface area contributed by atoms with Gasteiger partial charge in [0, 0.05) is 18.5 Å². The van der Waals surface area contributed by atoms with E-state index in [1.165, 1.54) is 0 Å². The van der Waals surface area contributed by atoms with Gasteiger partial charge >= 0.3 is 0 Å². The van der Waals surface area contributed by atoms with Crippen LogP contribution in [0.25, 0.3) is 0 Å². The monoisotopic (exact) mass is 198 g/mol. The van der Waals surface area contributed by atoms with Crippen molar-refractivity contribution in [1.82, 2.24) is 4.98 Å². The van der Waals surface area contributed by atoms with Crippen LogP contribution in [0.2, 0.25) is 0 Å². The molecule has 0 fully saturated rings. The molecule has 0 saturated carbocycles. The van der Waals surface area contributed by atoms with Crippen molar-refractivity contribution in [2.24, 2.45) is 5.73 Å². The molecule has 1 atom stereocenters. The van der Waals surface area contributed by atoms with E-state index in [4.69, 9.17) is 10.8 Å². The van der Waals surface area contributed by atoms with E-state index in [2.05, 4.69) is 4.98 Å². The van der Waals surface area contributed by atoms with Gasteiger partial charge in [-0.15, -0.1) is 11.8 Å². The van der Waals surface area contributed by atoms with Crippen molar-refractivity contribution < 1.29 is 5.11 Å². The lowest BCUT2D eigenvalue weighted by Crippen LogP contribution is -2.11. The Kier molecular flexibility index (Phi) is 4.82. The Bertz CT molecular complexity index is 230. The van der Waals surface area contributed by atoms with Gasteiger partial charge in [-0.1, -0.05) is 6.07 Å². The number of aromatic nitrogens is 1. The van der Waals surface area contributed by atoms with Gasteiger partial charge in [0.15, 0.2) is 0 Å². The Morgan fingerprint density at radius 2 is 2.38 bits per heavy atom. The molecule has 13 heavy (non-hydrogen) atoms. The molecule has 1 rings (SSSR count).